The van der Waals surface area contributed by atoms with E-state index in [4.69, 9.17) is 10.5 Å². The summed E-state index contributed by atoms with van der Waals surface area (Å²) in [7, 11) is 1.49. The molecule has 104 valence electrons. The standard InChI is InChI=1S/C13H16F2N2O2/c1-19-11-3-2-9(8-10(11)16)12(18)17-6-4-13(14,15)5-7-17/h2-3,8H,4-7,16H2,1H3. The number of rotatable bonds is 2. The summed E-state index contributed by atoms with van der Waals surface area (Å²) in [5, 5.41) is 0. The molecule has 1 aromatic carbocycles. The Balaban J connectivity index is 2.10. The first-order chi connectivity index (χ1) is 8.93. The second kappa shape index (κ2) is 5.03. The molecule has 1 aliphatic heterocycles. The van der Waals surface area contributed by atoms with E-state index in [-0.39, 0.29) is 31.8 Å². The molecule has 0 aromatic heterocycles. The summed E-state index contributed by atoms with van der Waals surface area (Å²) < 4.78 is 31.1. The third-order valence-corrected chi connectivity index (χ3v) is 3.26. The van der Waals surface area contributed by atoms with Crippen LogP contribution in [-0.4, -0.2) is 36.9 Å². The zero-order valence-electron chi connectivity index (χ0n) is 10.7. The number of amides is 1. The first-order valence-electron chi connectivity index (χ1n) is 6.03. The molecule has 0 radical (unpaired) electrons. The van der Waals surface area contributed by atoms with Crippen molar-refractivity contribution >= 4 is 11.6 Å². The molecule has 1 heterocycles. The van der Waals surface area contributed by atoms with Crippen molar-refractivity contribution in [1.29, 1.82) is 0 Å². The van der Waals surface area contributed by atoms with Crippen LogP contribution in [0.5, 0.6) is 5.75 Å². The van der Waals surface area contributed by atoms with Gasteiger partial charge in [0.05, 0.1) is 12.8 Å². The first kappa shape index (κ1) is 13.6. The number of nitrogens with two attached hydrogens (primary N) is 1. The molecule has 4 nitrogen and oxygen atoms in total. The normalized spacial score (nSPS) is 18.2. The van der Waals surface area contributed by atoms with Crippen LogP contribution < -0.4 is 10.5 Å². The van der Waals surface area contributed by atoms with Crippen LogP contribution in [0.15, 0.2) is 18.2 Å². The lowest BCUT2D eigenvalue weighted by atomic mass is 10.1. The summed E-state index contributed by atoms with van der Waals surface area (Å²) in [6, 6.07) is 4.69. The third kappa shape index (κ3) is 2.94. The average Bonchev–Trinajstić information content (AvgIpc) is 2.38. The van der Waals surface area contributed by atoms with Crippen LogP contribution in [-0.2, 0) is 0 Å². The minimum Gasteiger partial charge on any atom is -0.495 e. The number of hydrogen-bond acceptors (Lipinski definition) is 3. The number of nitrogens with zero attached hydrogens (tertiary/aromatic N) is 1. The van der Waals surface area contributed by atoms with Gasteiger partial charge in [0.25, 0.3) is 11.8 Å². The summed E-state index contributed by atoms with van der Waals surface area (Å²) >= 11 is 0. The Hall–Kier alpha value is -1.85. The van der Waals surface area contributed by atoms with Crippen LogP contribution in [0, 0.1) is 0 Å². The molecular formula is C13H16F2N2O2. The molecule has 0 atom stereocenters. The van der Waals surface area contributed by atoms with Crippen LogP contribution in [0.1, 0.15) is 23.2 Å². The zero-order valence-corrected chi connectivity index (χ0v) is 10.7. The highest BCUT2D eigenvalue weighted by atomic mass is 19.3. The summed E-state index contributed by atoms with van der Waals surface area (Å²) in [5.41, 5.74) is 6.48. The third-order valence-electron chi connectivity index (χ3n) is 3.26. The number of carbonyl (C=O) groups excluding carboxylic acids is 1. The minimum atomic E-state index is -2.66. The van der Waals surface area contributed by atoms with Crippen LogP contribution >= 0.6 is 0 Å². The summed E-state index contributed by atoms with van der Waals surface area (Å²) in [5.74, 6) is -2.44. The zero-order chi connectivity index (χ0) is 14.0. The molecule has 2 rings (SSSR count). The number of carbonyl (C=O) groups is 1. The fraction of sp³-hybridized carbons (Fsp3) is 0.462. The molecule has 0 spiro atoms. The van der Waals surface area contributed by atoms with Crippen molar-refractivity contribution < 1.29 is 18.3 Å². The number of benzene rings is 1. The van der Waals surface area contributed by atoms with E-state index in [1.165, 1.54) is 18.1 Å². The van der Waals surface area contributed by atoms with Gasteiger partial charge in [-0.3, -0.25) is 4.79 Å². The summed E-state index contributed by atoms with van der Waals surface area (Å²) in [6.45, 7) is 0.134. The number of halogens is 2. The molecule has 0 saturated carbocycles. The van der Waals surface area contributed by atoms with Crippen LogP contribution in [0.25, 0.3) is 0 Å². The van der Waals surface area contributed by atoms with E-state index in [2.05, 4.69) is 0 Å². The van der Waals surface area contributed by atoms with Crippen molar-refractivity contribution in [3.05, 3.63) is 23.8 Å². The largest absolute Gasteiger partial charge is 0.495 e. The van der Waals surface area contributed by atoms with E-state index in [9.17, 15) is 13.6 Å². The highest BCUT2D eigenvalue weighted by Crippen LogP contribution is 2.29. The van der Waals surface area contributed by atoms with E-state index in [0.717, 1.165) is 0 Å². The van der Waals surface area contributed by atoms with Gasteiger partial charge in [0, 0.05) is 31.5 Å². The number of alkyl halides is 2. The van der Waals surface area contributed by atoms with Gasteiger partial charge < -0.3 is 15.4 Å². The minimum absolute atomic E-state index is 0.0672. The first-order valence-corrected chi connectivity index (χ1v) is 6.03. The maximum atomic E-state index is 13.0. The fourth-order valence-corrected chi connectivity index (χ4v) is 2.09. The predicted octanol–water partition coefficient (Wildman–Crippen LogP) is 2.15. The van der Waals surface area contributed by atoms with Crippen molar-refractivity contribution in [2.24, 2.45) is 0 Å². The molecule has 0 bridgehead atoms. The molecule has 1 aromatic rings. The van der Waals surface area contributed by atoms with E-state index < -0.39 is 5.92 Å². The Bertz CT molecular complexity index is 482. The number of methoxy groups -OCH3 is 1. The lowest BCUT2D eigenvalue weighted by Gasteiger charge is -2.31. The smallest absolute Gasteiger partial charge is 0.253 e. The Morgan fingerprint density at radius 1 is 1.37 bits per heavy atom. The topological polar surface area (TPSA) is 55.6 Å². The van der Waals surface area contributed by atoms with E-state index >= 15 is 0 Å². The predicted molar refractivity (Wildman–Crippen MR) is 67.5 cm³/mol. The van der Waals surface area contributed by atoms with Gasteiger partial charge >= 0.3 is 0 Å². The second-order valence-electron chi connectivity index (χ2n) is 4.60. The second-order valence-corrected chi connectivity index (χ2v) is 4.60. The van der Waals surface area contributed by atoms with Crippen molar-refractivity contribution in [3.8, 4) is 5.75 Å². The van der Waals surface area contributed by atoms with Crippen molar-refractivity contribution in [2.45, 2.75) is 18.8 Å². The van der Waals surface area contributed by atoms with Gasteiger partial charge in [-0.2, -0.15) is 0 Å². The fourth-order valence-electron chi connectivity index (χ4n) is 2.09. The molecule has 19 heavy (non-hydrogen) atoms. The Kier molecular flexibility index (Phi) is 3.59. The molecule has 1 amide bonds. The van der Waals surface area contributed by atoms with E-state index in [0.29, 0.717) is 17.0 Å². The van der Waals surface area contributed by atoms with E-state index in [1.807, 2.05) is 0 Å². The highest BCUT2D eigenvalue weighted by Gasteiger charge is 2.35. The Labute approximate surface area is 110 Å². The number of anilines is 1. The van der Waals surface area contributed by atoms with E-state index in [1.54, 1.807) is 12.1 Å². The maximum absolute atomic E-state index is 13.0. The van der Waals surface area contributed by atoms with Gasteiger partial charge in [0.1, 0.15) is 5.75 Å². The monoisotopic (exact) mass is 270 g/mol. The number of hydrogen-bond donors (Lipinski definition) is 1. The van der Waals surface area contributed by atoms with Crippen molar-refractivity contribution in [1.82, 2.24) is 4.90 Å². The molecule has 2 N–H and O–H groups in total. The van der Waals surface area contributed by atoms with Crippen molar-refractivity contribution in [2.75, 3.05) is 25.9 Å². The maximum Gasteiger partial charge on any atom is 0.253 e. The van der Waals surface area contributed by atoms with Crippen LogP contribution in [0.2, 0.25) is 0 Å². The van der Waals surface area contributed by atoms with Crippen molar-refractivity contribution in [3.63, 3.8) is 0 Å². The number of piperidine rings is 1. The summed E-state index contributed by atoms with van der Waals surface area (Å²) in [6.07, 6.45) is -0.575. The van der Waals surface area contributed by atoms with Gasteiger partial charge in [-0.25, -0.2) is 8.78 Å². The lowest BCUT2D eigenvalue weighted by molar-refractivity contribution is -0.0494. The molecular weight excluding hydrogens is 254 g/mol. The molecule has 0 unspecified atom stereocenters. The van der Waals surface area contributed by atoms with Crippen LogP contribution in [0.4, 0.5) is 14.5 Å². The van der Waals surface area contributed by atoms with Crippen LogP contribution in [0.3, 0.4) is 0 Å². The number of ether oxygens (including phenoxy) is 1. The quantitative estimate of drug-likeness (QED) is 0.838. The highest BCUT2D eigenvalue weighted by molar-refractivity contribution is 5.95. The van der Waals surface area contributed by atoms with Gasteiger partial charge in [0.2, 0.25) is 0 Å². The van der Waals surface area contributed by atoms with Gasteiger partial charge in [-0.15, -0.1) is 0 Å². The molecule has 0 aliphatic carbocycles. The van der Waals surface area contributed by atoms with Gasteiger partial charge in [0.15, 0.2) is 0 Å². The van der Waals surface area contributed by atoms with Gasteiger partial charge in [-0.05, 0) is 18.2 Å². The Morgan fingerprint density at radius 2 is 2.00 bits per heavy atom. The molecule has 1 fully saturated rings. The van der Waals surface area contributed by atoms with Gasteiger partial charge in [-0.1, -0.05) is 0 Å². The Morgan fingerprint density at radius 3 is 2.53 bits per heavy atom. The average molecular weight is 270 g/mol. The molecule has 1 aliphatic rings. The lowest BCUT2D eigenvalue weighted by Crippen LogP contribution is -2.42. The SMILES string of the molecule is COc1ccc(C(=O)N2CCC(F)(F)CC2)cc1N. The number of likely N-dealkylation sites (tertiary alicyclic amines) is 1. The summed E-state index contributed by atoms with van der Waals surface area (Å²) in [4.78, 5) is 13.6. The molecule has 1 saturated heterocycles. The molecule has 6 heteroatoms. The number of nitrogen functional groups attached to an aromatic ring is 1.